The molecule has 0 atom stereocenters. The summed E-state index contributed by atoms with van der Waals surface area (Å²) in [6, 6.07) is 10.8. The van der Waals surface area contributed by atoms with E-state index in [0.717, 1.165) is 37.4 Å². The van der Waals surface area contributed by atoms with Gasteiger partial charge >= 0.3 is 0 Å². The van der Waals surface area contributed by atoms with Crippen molar-refractivity contribution in [2.45, 2.75) is 25.2 Å². The van der Waals surface area contributed by atoms with Gasteiger partial charge in [-0.3, -0.25) is 4.99 Å². The van der Waals surface area contributed by atoms with Crippen LogP contribution >= 0.6 is 0 Å². The van der Waals surface area contributed by atoms with Gasteiger partial charge in [0.15, 0.2) is 5.96 Å². The van der Waals surface area contributed by atoms with E-state index >= 15 is 0 Å². The van der Waals surface area contributed by atoms with Crippen LogP contribution in [0.2, 0.25) is 0 Å². The van der Waals surface area contributed by atoms with E-state index in [0.29, 0.717) is 0 Å². The Labute approximate surface area is 109 Å². The van der Waals surface area contributed by atoms with Crippen LogP contribution in [0.3, 0.4) is 0 Å². The first-order chi connectivity index (χ1) is 8.83. The molecule has 0 radical (unpaired) electrons. The molecular formula is C15H21N3. The molecule has 1 saturated heterocycles. The third-order valence-electron chi connectivity index (χ3n) is 4.20. The van der Waals surface area contributed by atoms with Gasteiger partial charge in [-0.1, -0.05) is 30.3 Å². The quantitative estimate of drug-likeness (QED) is 0.653. The van der Waals surface area contributed by atoms with Crippen LogP contribution < -0.4 is 5.73 Å². The molecule has 3 nitrogen and oxygen atoms in total. The first-order valence-corrected chi connectivity index (χ1v) is 6.93. The Morgan fingerprint density at radius 3 is 2.56 bits per heavy atom. The standard InChI is InChI=1S/C15H21N3/c16-15(18-7-4-8-18)17-11-12-9-14(10-12)13-5-2-1-3-6-13/h1-3,5-6,12,14H,4,7-11H2,(H2,16,17). The molecule has 1 aliphatic heterocycles. The van der Waals surface area contributed by atoms with Crippen molar-refractivity contribution in [3.8, 4) is 0 Å². The fourth-order valence-corrected chi connectivity index (χ4v) is 2.75. The molecule has 0 amide bonds. The highest BCUT2D eigenvalue weighted by Crippen LogP contribution is 2.41. The second kappa shape index (κ2) is 5.01. The largest absolute Gasteiger partial charge is 0.370 e. The Bertz CT molecular complexity index is 417. The number of benzene rings is 1. The third kappa shape index (κ3) is 2.35. The van der Waals surface area contributed by atoms with E-state index in [1.165, 1.54) is 24.8 Å². The van der Waals surface area contributed by atoms with Gasteiger partial charge in [0.2, 0.25) is 0 Å². The van der Waals surface area contributed by atoms with Crippen molar-refractivity contribution in [1.82, 2.24) is 4.90 Å². The molecule has 1 aliphatic carbocycles. The Morgan fingerprint density at radius 2 is 1.94 bits per heavy atom. The van der Waals surface area contributed by atoms with Crippen LogP contribution in [-0.4, -0.2) is 30.5 Å². The molecule has 2 fully saturated rings. The number of aliphatic imine (C=N–C) groups is 1. The predicted octanol–water partition coefficient (Wildman–Crippen LogP) is 2.20. The highest BCUT2D eigenvalue weighted by molar-refractivity contribution is 5.78. The summed E-state index contributed by atoms with van der Waals surface area (Å²) in [6.07, 6.45) is 3.79. The monoisotopic (exact) mass is 243 g/mol. The van der Waals surface area contributed by atoms with Crippen LogP contribution in [0.4, 0.5) is 0 Å². The molecule has 96 valence electrons. The number of likely N-dealkylation sites (tertiary alicyclic amines) is 1. The van der Waals surface area contributed by atoms with Crippen LogP contribution in [0.5, 0.6) is 0 Å². The molecule has 1 aromatic carbocycles. The van der Waals surface area contributed by atoms with E-state index < -0.39 is 0 Å². The minimum absolute atomic E-state index is 0.732. The molecule has 1 aromatic rings. The molecular weight excluding hydrogens is 222 g/mol. The van der Waals surface area contributed by atoms with Crippen LogP contribution in [-0.2, 0) is 0 Å². The summed E-state index contributed by atoms with van der Waals surface area (Å²) in [6.45, 7) is 3.09. The lowest BCUT2D eigenvalue weighted by atomic mass is 9.71. The van der Waals surface area contributed by atoms with Gasteiger partial charge in [-0.05, 0) is 36.7 Å². The Morgan fingerprint density at radius 1 is 1.22 bits per heavy atom. The second-order valence-corrected chi connectivity index (χ2v) is 5.48. The van der Waals surface area contributed by atoms with Gasteiger partial charge < -0.3 is 10.6 Å². The Balaban J connectivity index is 1.45. The summed E-state index contributed by atoms with van der Waals surface area (Å²) in [5.41, 5.74) is 7.41. The fourth-order valence-electron chi connectivity index (χ4n) is 2.75. The van der Waals surface area contributed by atoms with Gasteiger partial charge in [0.05, 0.1) is 0 Å². The fraction of sp³-hybridized carbons (Fsp3) is 0.533. The van der Waals surface area contributed by atoms with Crippen LogP contribution in [0, 0.1) is 5.92 Å². The Hall–Kier alpha value is -1.51. The number of rotatable bonds is 3. The van der Waals surface area contributed by atoms with E-state index in [1.54, 1.807) is 0 Å². The molecule has 1 heterocycles. The molecule has 1 saturated carbocycles. The normalized spacial score (nSPS) is 27.6. The number of nitrogens with zero attached hydrogens (tertiary/aromatic N) is 2. The maximum absolute atomic E-state index is 5.93. The molecule has 3 rings (SSSR count). The van der Waals surface area contributed by atoms with E-state index in [-0.39, 0.29) is 0 Å². The third-order valence-corrected chi connectivity index (χ3v) is 4.20. The molecule has 2 aliphatic rings. The maximum atomic E-state index is 5.93. The number of guanidine groups is 1. The minimum atomic E-state index is 0.732. The van der Waals surface area contributed by atoms with Crippen LogP contribution in [0.15, 0.2) is 35.3 Å². The summed E-state index contributed by atoms with van der Waals surface area (Å²) in [5, 5.41) is 0. The lowest BCUT2D eigenvalue weighted by molar-refractivity contribution is 0.266. The smallest absolute Gasteiger partial charge is 0.191 e. The maximum Gasteiger partial charge on any atom is 0.191 e. The number of nitrogens with two attached hydrogens (primary N) is 1. The molecule has 0 bridgehead atoms. The van der Waals surface area contributed by atoms with Crippen LogP contribution in [0.1, 0.15) is 30.7 Å². The van der Waals surface area contributed by atoms with Crippen molar-refractivity contribution < 1.29 is 0 Å². The van der Waals surface area contributed by atoms with Crippen LogP contribution in [0.25, 0.3) is 0 Å². The summed E-state index contributed by atoms with van der Waals surface area (Å²) in [7, 11) is 0. The zero-order chi connectivity index (χ0) is 12.4. The van der Waals surface area contributed by atoms with E-state index in [9.17, 15) is 0 Å². The van der Waals surface area contributed by atoms with Crippen molar-refractivity contribution in [3.63, 3.8) is 0 Å². The lowest BCUT2D eigenvalue weighted by Gasteiger charge is -2.36. The number of hydrogen-bond donors (Lipinski definition) is 1. The van der Waals surface area contributed by atoms with E-state index in [4.69, 9.17) is 5.73 Å². The van der Waals surface area contributed by atoms with Crippen molar-refractivity contribution in [2.24, 2.45) is 16.6 Å². The molecule has 0 unspecified atom stereocenters. The zero-order valence-corrected chi connectivity index (χ0v) is 10.8. The molecule has 18 heavy (non-hydrogen) atoms. The van der Waals surface area contributed by atoms with Gasteiger partial charge in [-0.15, -0.1) is 0 Å². The molecule has 0 aromatic heterocycles. The SMILES string of the molecule is NC(=NCC1CC(c2ccccc2)C1)N1CCC1. The van der Waals surface area contributed by atoms with Gasteiger partial charge in [-0.2, -0.15) is 0 Å². The van der Waals surface area contributed by atoms with E-state index in [1.807, 2.05) is 0 Å². The van der Waals surface area contributed by atoms with Gasteiger partial charge in [0.1, 0.15) is 0 Å². The summed E-state index contributed by atoms with van der Waals surface area (Å²) in [5.74, 6) is 2.23. The first kappa shape index (κ1) is 11.6. The first-order valence-electron chi connectivity index (χ1n) is 6.93. The van der Waals surface area contributed by atoms with E-state index in [2.05, 4.69) is 40.2 Å². The highest BCUT2D eigenvalue weighted by atomic mass is 15.3. The topological polar surface area (TPSA) is 41.6 Å². The minimum Gasteiger partial charge on any atom is -0.370 e. The highest BCUT2D eigenvalue weighted by Gasteiger charge is 2.30. The average molecular weight is 243 g/mol. The van der Waals surface area contributed by atoms with Gasteiger partial charge in [-0.25, -0.2) is 0 Å². The van der Waals surface area contributed by atoms with Crippen molar-refractivity contribution in [1.29, 1.82) is 0 Å². The van der Waals surface area contributed by atoms with Crippen molar-refractivity contribution in [3.05, 3.63) is 35.9 Å². The summed E-state index contributed by atoms with van der Waals surface area (Å²) < 4.78 is 0. The number of hydrogen-bond acceptors (Lipinski definition) is 1. The Kier molecular flexibility index (Phi) is 3.22. The molecule has 3 heteroatoms. The predicted molar refractivity (Wildman–Crippen MR) is 74.6 cm³/mol. The van der Waals surface area contributed by atoms with Gasteiger partial charge in [0, 0.05) is 19.6 Å². The summed E-state index contributed by atoms with van der Waals surface area (Å²) >= 11 is 0. The molecule has 2 N–H and O–H groups in total. The van der Waals surface area contributed by atoms with Crippen molar-refractivity contribution in [2.75, 3.05) is 19.6 Å². The lowest BCUT2D eigenvalue weighted by Crippen LogP contribution is -2.46. The zero-order valence-electron chi connectivity index (χ0n) is 10.8. The van der Waals surface area contributed by atoms with Crippen molar-refractivity contribution >= 4 is 5.96 Å². The average Bonchev–Trinajstić information content (AvgIpc) is 2.26. The summed E-state index contributed by atoms with van der Waals surface area (Å²) in [4.78, 5) is 6.68. The second-order valence-electron chi connectivity index (χ2n) is 5.48. The van der Waals surface area contributed by atoms with Gasteiger partial charge in [0.25, 0.3) is 0 Å². The molecule has 0 spiro atoms.